The number of hydrogen-bond donors (Lipinski definition) is 2. The molecule has 4 aliphatic heterocycles. The van der Waals surface area contributed by atoms with Crippen LogP contribution in [0.25, 0.3) is 0 Å². The van der Waals surface area contributed by atoms with Crippen molar-refractivity contribution in [3.8, 4) is 0 Å². The van der Waals surface area contributed by atoms with Crippen molar-refractivity contribution in [3.05, 3.63) is 143 Å². The summed E-state index contributed by atoms with van der Waals surface area (Å²) in [7, 11) is -3.27. The number of rotatable bonds is 12. The fourth-order valence-corrected chi connectivity index (χ4v) is 13.1. The first-order valence-electron chi connectivity index (χ1n) is 22.4. The highest BCUT2D eigenvalue weighted by molar-refractivity contribution is 7.99. The van der Waals surface area contributed by atoms with Crippen LogP contribution < -0.4 is 10.6 Å². The van der Waals surface area contributed by atoms with Crippen LogP contribution in [0, 0.1) is 35.3 Å². The largest absolute Gasteiger partial charge is 0.342 e. The van der Waals surface area contributed by atoms with Gasteiger partial charge in [0.2, 0.25) is 11.8 Å². The summed E-state index contributed by atoms with van der Waals surface area (Å²) in [6.45, 7) is 7.14. The molecule has 8 atom stereocenters. The molecule has 4 aliphatic rings. The van der Waals surface area contributed by atoms with E-state index in [4.69, 9.17) is 0 Å². The zero-order valence-electron chi connectivity index (χ0n) is 36.0. The summed E-state index contributed by atoms with van der Waals surface area (Å²) >= 11 is 1.88. The van der Waals surface area contributed by atoms with Gasteiger partial charge in [0.05, 0.1) is 23.3 Å². The molecule has 4 aromatic rings. The highest BCUT2D eigenvalue weighted by Crippen LogP contribution is 2.32. The van der Waals surface area contributed by atoms with Crippen molar-refractivity contribution in [3.63, 3.8) is 0 Å². The SMILES string of the molecule is C[C@@H](N[C@@H]1CS(=O)(=O)C[C@H]1C(=O)N1CCC[C@@H](Cc2ccc(F)cc2)C1)c1ccccc1.C[C@@H](N[C@@H]1CSC[C@H]1C(=O)N1CCC[C@@H](Cc2ccc(F)cc2)C1)c1ccccc1. The molecule has 12 heteroatoms. The second-order valence-corrected chi connectivity index (χ2v) is 21.1. The highest BCUT2D eigenvalue weighted by Gasteiger charge is 2.44. The van der Waals surface area contributed by atoms with Crippen molar-refractivity contribution in [1.82, 2.24) is 20.4 Å². The maximum atomic E-state index is 13.4. The average molecular weight is 885 g/mol. The Bertz CT molecular complexity index is 2160. The van der Waals surface area contributed by atoms with Crippen LogP contribution in [-0.2, 0) is 32.3 Å². The van der Waals surface area contributed by atoms with Gasteiger partial charge >= 0.3 is 0 Å². The number of amides is 2. The summed E-state index contributed by atoms with van der Waals surface area (Å²) in [5.41, 5.74) is 4.55. The number of benzene rings is 4. The Morgan fingerprint density at radius 1 is 0.629 bits per heavy atom. The fourth-order valence-electron chi connectivity index (χ4n) is 9.78. The number of carbonyl (C=O) groups is 2. The van der Waals surface area contributed by atoms with Crippen molar-refractivity contribution in [2.75, 3.05) is 49.2 Å². The Balaban J connectivity index is 0.000000187. The number of piperidine rings is 2. The van der Waals surface area contributed by atoms with Crippen LogP contribution in [0.3, 0.4) is 0 Å². The zero-order valence-corrected chi connectivity index (χ0v) is 37.6. The first-order valence-corrected chi connectivity index (χ1v) is 25.3. The van der Waals surface area contributed by atoms with E-state index >= 15 is 0 Å². The molecule has 0 aliphatic carbocycles. The topological polar surface area (TPSA) is 98.8 Å². The van der Waals surface area contributed by atoms with Crippen LogP contribution in [-0.4, -0.2) is 91.3 Å². The minimum absolute atomic E-state index is 0.00652. The van der Waals surface area contributed by atoms with Gasteiger partial charge in [-0.3, -0.25) is 9.59 Å². The van der Waals surface area contributed by atoms with Gasteiger partial charge in [-0.05, 0) is 111 Å². The number of nitrogens with one attached hydrogen (secondary N) is 2. The number of thioether (sulfide) groups is 1. The monoisotopic (exact) mass is 884 g/mol. The fraction of sp³-hybridized carbons (Fsp3) is 0.480. The Labute approximate surface area is 371 Å². The van der Waals surface area contributed by atoms with E-state index in [1.807, 2.05) is 72.1 Å². The molecule has 332 valence electrons. The number of likely N-dealkylation sites (tertiary alicyclic amines) is 2. The summed E-state index contributed by atoms with van der Waals surface area (Å²) in [5, 5.41) is 7.13. The van der Waals surface area contributed by atoms with Gasteiger partial charge in [-0.2, -0.15) is 11.8 Å². The van der Waals surface area contributed by atoms with E-state index in [1.165, 1.54) is 29.8 Å². The summed E-state index contributed by atoms with van der Waals surface area (Å²) in [5.74, 6) is 1.83. The molecule has 0 saturated carbocycles. The van der Waals surface area contributed by atoms with E-state index < -0.39 is 15.8 Å². The molecule has 4 heterocycles. The minimum Gasteiger partial charge on any atom is -0.342 e. The Hall–Kier alpha value is -4.10. The summed E-state index contributed by atoms with van der Waals surface area (Å²) < 4.78 is 51.3. The van der Waals surface area contributed by atoms with Crippen LogP contribution in [0.4, 0.5) is 8.78 Å². The molecule has 0 bridgehead atoms. The van der Waals surface area contributed by atoms with Crippen LogP contribution >= 0.6 is 11.8 Å². The molecule has 4 fully saturated rings. The van der Waals surface area contributed by atoms with Gasteiger partial charge in [0.25, 0.3) is 0 Å². The van der Waals surface area contributed by atoms with Crippen LogP contribution in [0.5, 0.6) is 0 Å². The van der Waals surface area contributed by atoms with E-state index in [9.17, 15) is 26.8 Å². The smallest absolute Gasteiger partial charge is 0.228 e. The third kappa shape index (κ3) is 12.5. The van der Waals surface area contributed by atoms with Gasteiger partial charge in [-0.1, -0.05) is 84.9 Å². The molecule has 2 N–H and O–H groups in total. The molecule has 62 heavy (non-hydrogen) atoms. The molecule has 4 saturated heterocycles. The molecule has 8 nitrogen and oxygen atoms in total. The molecule has 2 amide bonds. The van der Waals surface area contributed by atoms with Crippen LogP contribution in [0.2, 0.25) is 0 Å². The second kappa shape index (κ2) is 21.5. The third-order valence-corrected chi connectivity index (χ3v) is 16.1. The van der Waals surface area contributed by atoms with E-state index in [2.05, 4.69) is 46.7 Å². The predicted octanol–water partition coefficient (Wildman–Crippen LogP) is 8.06. The van der Waals surface area contributed by atoms with Crippen LogP contribution in [0.15, 0.2) is 109 Å². The highest BCUT2D eigenvalue weighted by atomic mass is 32.2. The summed E-state index contributed by atoms with van der Waals surface area (Å²) in [4.78, 5) is 30.8. The molecule has 0 aromatic heterocycles. The number of sulfone groups is 1. The summed E-state index contributed by atoms with van der Waals surface area (Å²) in [6.07, 6.45) is 5.80. The van der Waals surface area contributed by atoms with Gasteiger partial charge in [0.1, 0.15) is 11.6 Å². The molecular formula is C50H62F2N4O4S2. The zero-order chi connectivity index (χ0) is 43.6. The lowest BCUT2D eigenvalue weighted by Gasteiger charge is -2.36. The minimum atomic E-state index is -3.27. The lowest BCUT2D eigenvalue weighted by molar-refractivity contribution is -0.138. The number of nitrogens with zero attached hydrogens (tertiary/aromatic N) is 2. The molecule has 0 unspecified atom stereocenters. The van der Waals surface area contributed by atoms with Crippen molar-refractivity contribution in [1.29, 1.82) is 0 Å². The van der Waals surface area contributed by atoms with Gasteiger partial charge in [-0.25, -0.2) is 17.2 Å². The van der Waals surface area contributed by atoms with Gasteiger partial charge in [0.15, 0.2) is 9.84 Å². The Morgan fingerprint density at radius 2 is 1.08 bits per heavy atom. The van der Waals surface area contributed by atoms with Gasteiger partial charge < -0.3 is 20.4 Å². The molecule has 4 aromatic carbocycles. The summed E-state index contributed by atoms with van der Waals surface area (Å²) in [6, 6.07) is 33.6. The van der Waals surface area contributed by atoms with Crippen molar-refractivity contribution < 1.29 is 26.8 Å². The van der Waals surface area contributed by atoms with Gasteiger partial charge in [0, 0.05) is 61.9 Å². The predicted molar refractivity (Wildman–Crippen MR) is 245 cm³/mol. The molecule has 0 radical (unpaired) electrons. The second-order valence-electron chi connectivity index (χ2n) is 17.9. The Morgan fingerprint density at radius 3 is 1.56 bits per heavy atom. The lowest BCUT2D eigenvalue weighted by atomic mass is 9.90. The first-order chi connectivity index (χ1) is 29.9. The maximum absolute atomic E-state index is 13.4. The number of halogens is 2. The normalized spacial score (nSPS) is 25.7. The van der Waals surface area contributed by atoms with Gasteiger partial charge in [-0.15, -0.1) is 0 Å². The van der Waals surface area contributed by atoms with E-state index in [1.54, 1.807) is 12.1 Å². The average Bonchev–Trinajstić information content (AvgIpc) is 3.88. The third-order valence-electron chi connectivity index (χ3n) is 13.1. The first kappa shape index (κ1) is 45.9. The Kier molecular flexibility index (Phi) is 15.9. The standard InChI is InChI=1S/C25H31FN2O3S.C25H31FN2OS/c1-18(21-7-3-2-4-8-21)27-24-17-32(30,31)16-23(24)25(29)28-13-5-6-20(15-28)14-19-9-11-22(26)12-10-19;1-18(21-7-3-2-4-8-21)27-24-17-30-16-23(24)25(29)28-13-5-6-20(15-28)14-19-9-11-22(26)12-10-19/h2-4,7-12,18,20,23-24,27H,5-6,13-17H2,1H3;2-4,7-12,18,20,23-24,27H,5-6,13-17H2,1H3/t2*18-,20+,23-,24-/m11/s1. The maximum Gasteiger partial charge on any atom is 0.228 e. The number of hydrogen-bond acceptors (Lipinski definition) is 7. The van der Waals surface area contributed by atoms with E-state index in [0.717, 1.165) is 79.8 Å². The van der Waals surface area contributed by atoms with E-state index in [0.29, 0.717) is 30.8 Å². The van der Waals surface area contributed by atoms with Crippen molar-refractivity contribution in [2.45, 2.75) is 76.5 Å². The van der Waals surface area contributed by atoms with Crippen molar-refractivity contribution >= 4 is 33.4 Å². The molecular weight excluding hydrogens is 823 g/mol. The molecule has 8 rings (SSSR count). The molecule has 0 spiro atoms. The number of carbonyl (C=O) groups excluding carboxylic acids is 2. The van der Waals surface area contributed by atoms with Crippen LogP contribution in [0.1, 0.15) is 73.9 Å². The van der Waals surface area contributed by atoms with E-state index in [-0.39, 0.29) is 59.1 Å². The lowest BCUT2D eigenvalue weighted by Crippen LogP contribution is -2.49. The van der Waals surface area contributed by atoms with Crippen molar-refractivity contribution in [2.24, 2.45) is 23.7 Å². The quantitative estimate of drug-likeness (QED) is 0.149.